The molecule has 0 aromatic heterocycles. The molecule has 112 valence electrons. The maximum absolute atomic E-state index is 2.78. The standard InChI is InChI=1S/C16H33N3/c1-4-17-11-7-16(8-12-17)19-13-9-15(10-14-19)18(5-2)6-3/h15-16H,4-14H2,1-3H3. The molecule has 0 N–H and O–H groups in total. The first-order chi connectivity index (χ1) is 9.28. The van der Waals surface area contributed by atoms with Gasteiger partial charge in [0.1, 0.15) is 0 Å². The normalized spacial score (nSPS) is 25.3. The van der Waals surface area contributed by atoms with Crippen LogP contribution in [-0.4, -0.2) is 72.6 Å². The van der Waals surface area contributed by atoms with Crippen molar-refractivity contribution in [1.82, 2.24) is 14.7 Å². The van der Waals surface area contributed by atoms with Crippen molar-refractivity contribution in [3.63, 3.8) is 0 Å². The van der Waals surface area contributed by atoms with Gasteiger partial charge in [0.15, 0.2) is 0 Å². The minimum Gasteiger partial charge on any atom is -0.303 e. The zero-order valence-electron chi connectivity index (χ0n) is 13.3. The zero-order chi connectivity index (χ0) is 13.7. The predicted molar refractivity (Wildman–Crippen MR) is 82.7 cm³/mol. The van der Waals surface area contributed by atoms with Crippen LogP contribution in [0, 0.1) is 0 Å². The third-order valence-corrected chi connectivity index (χ3v) is 5.35. The Hall–Kier alpha value is -0.120. The van der Waals surface area contributed by atoms with Gasteiger partial charge < -0.3 is 14.7 Å². The van der Waals surface area contributed by atoms with Gasteiger partial charge in [0.05, 0.1) is 0 Å². The highest BCUT2D eigenvalue weighted by atomic mass is 15.2. The number of hydrogen-bond donors (Lipinski definition) is 0. The van der Waals surface area contributed by atoms with Gasteiger partial charge in [-0.2, -0.15) is 0 Å². The first-order valence-electron chi connectivity index (χ1n) is 8.48. The molecule has 0 amide bonds. The molecule has 0 saturated carbocycles. The number of likely N-dealkylation sites (tertiary alicyclic amines) is 2. The summed E-state index contributed by atoms with van der Waals surface area (Å²) in [6, 6.07) is 1.72. The largest absolute Gasteiger partial charge is 0.303 e. The molecule has 0 unspecified atom stereocenters. The van der Waals surface area contributed by atoms with Crippen molar-refractivity contribution in [1.29, 1.82) is 0 Å². The van der Waals surface area contributed by atoms with Crippen LogP contribution in [0.4, 0.5) is 0 Å². The molecular formula is C16H33N3. The fourth-order valence-corrected chi connectivity index (χ4v) is 3.96. The van der Waals surface area contributed by atoms with Crippen LogP contribution in [-0.2, 0) is 0 Å². The summed E-state index contributed by atoms with van der Waals surface area (Å²) in [5, 5.41) is 0. The fourth-order valence-electron chi connectivity index (χ4n) is 3.96. The van der Waals surface area contributed by atoms with Crippen molar-refractivity contribution >= 4 is 0 Å². The Morgan fingerprint density at radius 3 is 1.89 bits per heavy atom. The highest BCUT2D eigenvalue weighted by Gasteiger charge is 2.29. The maximum atomic E-state index is 2.78. The molecule has 0 atom stereocenters. The van der Waals surface area contributed by atoms with Gasteiger partial charge in [0.2, 0.25) is 0 Å². The van der Waals surface area contributed by atoms with Gasteiger partial charge in [-0.05, 0) is 71.5 Å². The number of piperidine rings is 2. The van der Waals surface area contributed by atoms with E-state index in [0.29, 0.717) is 0 Å². The van der Waals surface area contributed by atoms with Gasteiger partial charge in [-0.15, -0.1) is 0 Å². The molecule has 0 aliphatic carbocycles. The van der Waals surface area contributed by atoms with Crippen LogP contribution < -0.4 is 0 Å². The minimum atomic E-state index is 0.849. The Balaban J connectivity index is 1.74. The van der Waals surface area contributed by atoms with Gasteiger partial charge in [-0.3, -0.25) is 0 Å². The summed E-state index contributed by atoms with van der Waals surface area (Å²) in [6.45, 7) is 15.9. The third-order valence-electron chi connectivity index (χ3n) is 5.35. The predicted octanol–water partition coefficient (Wildman–Crippen LogP) is 2.28. The summed E-state index contributed by atoms with van der Waals surface area (Å²) in [5.41, 5.74) is 0. The second-order valence-electron chi connectivity index (χ2n) is 6.15. The van der Waals surface area contributed by atoms with E-state index in [9.17, 15) is 0 Å². The van der Waals surface area contributed by atoms with Crippen LogP contribution >= 0.6 is 0 Å². The summed E-state index contributed by atoms with van der Waals surface area (Å²) in [5.74, 6) is 0. The lowest BCUT2D eigenvalue weighted by atomic mass is 9.97. The van der Waals surface area contributed by atoms with Gasteiger partial charge >= 0.3 is 0 Å². The Morgan fingerprint density at radius 2 is 1.42 bits per heavy atom. The van der Waals surface area contributed by atoms with E-state index >= 15 is 0 Å². The van der Waals surface area contributed by atoms with Crippen LogP contribution in [0.3, 0.4) is 0 Å². The molecule has 0 bridgehead atoms. The lowest BCUT2D eigenvalue weighted by Gasteiger charge is -2.43. The minimum absolute atomic E-state index is 0.849. The molecule has 2 saturated heterocycles. The second-order valence-corrected chi connectivity index (χ2v) is 6.15. The van der Waals surface area contributed by atoms with Crippen molar-refractivity contribution in [3.05, 3.63) is 0 Å². The summed E-state index contributed by atoms with van der Waals surface area (Å²) in [4.78, 5) is 8.03. The Kier molecular flexibility index (Phi) is 6.11. The SMILES string of the molecule is CCN1CCC(N2CCC(N(CC)CC)CC2)CC1. The molecule has 2 rings (SSSR count). The quantitative estimate of drug-likeness (QED) is 0.756. The Bertz CT molecular complexity index is 236. The van der Waals surface area contributed by atoms with Crippen molar-refractivity contribution in [2.24, 2.45) is 0 Å². The topological polar surface area (TPSA) is 9.72 Å². The van der Waals surface area contributed by atoms with Crippen LogP contribution in [0.5, 0.6) is 0 Å². The average molecular weight is 267 g/mol. The second kappa shape index (κ2) is 7.61. The van der Waals surface area contributed by atoms with Gasteiger partial charge in [0.25, 0.3) is 0 Å². The molecule has 2 aliphatic rings. The number of rotatable bonds is 5. The fraction of sp³-hybridized carbons (Fsp3) is 1.00. The van der Waals surface area contributed by atoms with E-state index in [0.717, 1.165) is 12.1 Å². The van der Waals surface area contributed by atoms with E-state index in [4.69, 9.17) is 0 Å². The number of nitrogens with zero attached hydrogens (tertiary/aromatic N) is 3. The third kappa shape index (κ3) is 3.93. The van der Waals surface area contributed by atoms with Crippen molar-refractivity contribution in [2.45, 2.75) is 58.5 Å². The van der Waals surface area contributed by atoms with Gasteiger partial charge in [-0.1, -0.05) is 20.8 Å². The lowest BCUT2D eigenvalue weighted by Crippen LogP contribution is -2.51. The van der Waals surface area contributed by atoms with Crippen LogP contribution in [0.2, 0.25) is 0 Å². The van der Waals surface area contributed by atoms with E-state index in [-0.39, 0.29) is 0 Å². The van der Waals surface area contributed by atoms with E-state index in [1.807, 2.05) is 0 Å². The molecule has 0 aromatic carbocycles. The van der Waals surface area contributed by atoms with E-state index in [1.54, 1.807) is 0 Å². The van der Waals surface area contributed by atoms with Crippen LogP contribution in [0.1, 0.15) is 46.5 Å². The maximum Gasteiger partial charge on any atom is 0.0120 e. The molecule has 0 radical (unpaired) electrons. The van der Waals surface area contributed by atoms with Crippen LogP contribution in [0.15, 0.2) is 0 Å². The molecule has 2 aliphatic heterocycles. The van der Waals surface area contributed by atoms with Gasteiger partial charge in [0, 0.05) is 12.1 Å². The van der Waals surface area contributed by atoms with Crippen molar-refractivity contribution < 1.29 is 0 Å². The molecule has 2 fully saturated rings. The molecule has 3 heteroatoms. The summed E-state index contributed by atoms with van der Waals surface area (Å²) in [6.07, 6.45) is 5.55. The molecule has 3 nitrogen and oxygen atoms in total. The highest BCUT2D eigenvalue weighted by Crippen LogP contribution is 2.23. The number of hydrogen-bond acceptors (Lipinski definition) is 3. The first-order valence-corrected chi connectivity index (χ1v) is 8.48. The Labute approximate surface area is 119 Å². The van der Waals surface area contributed by atoms with Crippen LogP contribution in [0.25, 0.3) is 0 Å². The highest BCUT2D eigenvalue weighted by molar-refractivity contribution is 4.85. The van der Waals surface area contributed by atoms with Gasteiger partial charge in [-0.25, -0.2) is 0 Å². The molecule has 0 spiro atoms. The average Bonchev–Trinajstić information content (AvgIpc) is 2.49. The first kappa shape index (κ1) is 15.3. The summed E-state index contributed by atoms with van der Waals surface area (Å²) in [7, 11) is 0. The van der Waals surface area contributed by atoms with E-state index < -0.39 is 0 Å². The zero-order valence-corrected chi connectivity index (χ0v) is 13.3. The summed E-state index contributed by atoms with van der Waals surface area (Å²) < 4.78 is 0. The molecular weight excluding hydrogens is 234 g/mol. The Morgan fingerprint density at radius 1 is 0.842 bits per heavy atom. The summed E-state index contributed by atoms with van der Waals surface area (Å²) >= 11 is 0. The lowest BCUT2D eigenvalue weighted by molar-refractivity contribution is 0.0588. The van der Waals surface area contributed by atoms with E-state index in [2.05, 4.69) is 35.5 Å². The smallest absolute Gasteiger partial charge is 0.0120 e. The van der Waals surface area contributed by atoms with E-state index in [1.165, 1.54) is 71.5 Å². The monoisotopic (exact) mass is 267 g/mol. The molecule has 2 heterocycles. The molecule has 19 heavy (non-hydrogen) atoms. The van der Waals surface area contributed by atoms with Crippen molar-refractivity contribution in [2.75, 3.05) is 45.8 Å². The molecule has 0 aromatic rings. The van der Waals surface area contributed by atoms with Crippen molar-refractivity contribution in [3.8, 4) is 0 Å².